The largest absolute Gasteiger partial charge is 0.481 e. The van der Waals surface area contributed by atoms with E-state index in [-0.39, 0.29) is 17.9 Å². The lowest BCUT2D eigenvalue weighted by atomic mass is 9.45. The van der Waals surface area contributed by atoms with E-state index in [1.54, 1.807) is 0 Å². The molecule has 3 aliphatic carbocycles. The summed E-state index contributed by atoms with van der Waals surface area (Å²) in [6, 6.07) is 0. The van der Waals surface area contributed by atoms with Gasteiger partial charge in [-0.15, -0.1) is 0 Å². The van der Waals surface area contributed by atoms with Gasteiger partial charge >= 0.3 is 5.97 Å². The van der Waals surface area contributed by atoms with Crippen molar-refractivity contribution in [1.82, 2.24) is 0 Å². The number of aliphatic carboxylic acids is 1. The molecule has 2 saturated carbocycles. The molecule has 6 N–H and O–H groups in total. The number of hydrogen-bond acceptors (Lipinski definition) is 8. The van der Waals surface area contributed by atoms with Gasteiger partial charge in [0.1, 0.15) is 24.4 Å². The highest BCUT2D eigenvalue weighted by atomic mass is 16.7. The quantitative estimate of drug-likeness (QED) is 0.296. The average Bonchev–Trinajstić information content (AvgIpc) is 2.81. The van der Waals surface area contributed by atoms with Crippen molar-refractivity contribution in [3.8, 4) is 0 Å². The Bertz CT molecular complexity index is 830. The molecule has 0 aromatic rings. The van der Waals surface area contributed by atoms with E-state index in [0.29, 0.717) is 18.8 Å². The number of aliphatic hydroxyl groups is 5. The second kappa shape index (κ2) is 9.67. The highest BCUT2D eigenvalue weighted by molar-refractivity contribution is 5.75. The van der Waals surface area contributed by atoms with Crippen LogP contribution in [0.25, 0.3) is 0 Å². The number of fused-ring (bicyclic) bond motifs is 3. The lowest BCUT2D eigenvalue weighted by Gasteiger charge is -2.59. The smallest absolute Gasteiger partial charge is 0.309 e. The monoisotopic (exact) mass is 498 g/mol. The van der Waals surface area contributed by atoms with Crippen molar-refractivity contribution in [3.63, 3.8) is 0 Å². The summed E-state index contributed by atoms with van der Waals surface area (Å²) >= 11 is 0. The maximum atomic E-state index is 12.2. The second-order valence-corrected chi connectivity index (χ2v) is 12.1. The predicted octanol–water partition coefficient (Wildman–Crippen LogP) is 1.20. The second-order valence-electron chi connectivity index (χ2n) is 12.1. The predicted molar refractivity (Wildman–Crippen MR) is 125 cm³/mol. The molecular formula is C26H42O9. The van der Waals surface area contributed by atoms with Crippen molar-refractivity contribution >= 4 is 5.97 Å². The Balaban J connectivity index is 1.44. The highest BCUT2D eigenvalue weighted by Gasteiger charge is 2.58. The van der Waals surface area contributed by atoms with Crippen LogP contribution < -0.4 is 0 Å². The molecule has 0 amide bonds. The summed E-state index contributed by atoms with van der Waals surface area (Å²) in [5.41, 5.74) is 0.0344. The maximum Gasteiger partial charge on any atom is 0.309 e. The summed E-state index contributed by atoms with van der Waals surface area (Å²) in [7, 11) is 0. The molecule has 200 valence electrons. The zero-order chi connectivity index (χ0) is 25.8. The fraction of sp³-hybridized carbons (Fsp3) is 0.885. The van der Waals surface area contributed by atoms with Crippen molar-refractivity contribution in [1.29, 1.82) is 0 Å². The SMILES string of the molecule is C[C@]1([C@@H](O)CO[C@H]2O[C@H](CO)[C@@H](O)[C@H](O)[C@H]2O)CC[C@H]2C(=CC[C@@H]3[C@]2(C)CCC[C@]3(C)C(=O)O)C1. The first-order valence-corrected chi connectivity index (χ1v) is 12.9. The lowest BCUT2D eigenvalue weighted by Crippen LogP contribution is -2.59. The number of rotatable bonds is 6. The zero-order valence-corrected chi connectivity index (χ0v) is 21.0. The van der Waals surface area contributed by atoms with Gasteiger partial charge in [-0.05, 0) is 68.1 Å². The van der Waals surface area contributed by atoms with Gasteiger partial charge in [0, 0.05) is 0 Å². The number of carboxylic acids is 1. The van der Waals surface area contributed by atoms with E-state index in [2.05, 4.69) is 13.0 Å². The Morgan fingerprint density at radius 1 is 1.14 bits per heavy atom. The third-order valence-corrected chi connectivity index (χ3v) is 10.0. The van der Waals surface area contributed by atoms with Crippen LogP contribution in [0.4, 0.5) is 0 Å². The molecule has 0 bridgehead atoms. The maximum absolute atomic E-state index is 12.2. The van der Waals surface area contributed by atoms with Gasteiger partial charge in [-0.25, -0.2) is 0 Å². The number of ether oxygens (including phenoxy) is 2. The number of carboxylic acid groups (broad SMARTS) is 1. The minimum atomic E-state index is -1.53. The summed E-state index contributed by atoms with van der Waals surface area (Å²) in [5, 5.41) is 60.6. The van der Waals surface area contributed by atoms with Crippen LogP contribution >= 0.6 is 0 Å². The Kier molecular flexibility index (Phi) is 7.45. The van der Waals surface area contributed by atoms with Gasteiger partial charge in [-0.1, -0.05) is 31.9 Å². The highest BCUT2D eigenvalue weighted by Crippen LogP contribution is 2.64. The van der Waals surface area contributed by atoms with Crippen LogP contribution in [0.15, 0.2) is 11.6 Å². The average molecular weight is 499 g/mol. The molecule has 0 aromatic carbocycles. The molecule has 0 radical (unpaired) electrons. The number of allylic oxidation sites excluding steroid dienone is 2. The van der Waals surface area contributed by atoms with Crippen molar-refractivity contribution < 1.29 is 44.9 Å². The first-order valence-electron chi connectivity index (χ1n) is 12.9. The van der Waals surface area contributed by atoms with Crippen LogP contribution in [0.5, 0.6) is 0 Å². The summed E-state index contributed by atoms with van der Waals surface area (Å²) in [6.07, 6.45) is 0.198. The molecule has 4 rings (SSSR count). The molecule has 3 fully saturated rings. The van der Waals surface area contributed by atoms with E-state index in [1.165, 1.54) is 5.57 Å². The molecule has 1 heterocycles. The van der Waals surface area contributed by atoms with E-state index in [4.69, 9.17) is 9.47 Å². The summed E-state index contributed by atoms with van der Waals surface area (Å²) in [4.78, 5) is 12.2. The van der Waals surface area contributed by atoms with E-state index in [9.17, 15) is 35.4 Å². The Morgan fingerprint density at radius 3 is 2.51 bits per heavy atom. The van der Waals surface area contributed by atoms with Crippen LogP contribution in [-0.4, -0.2) is 86.6 Å². The van der Waals surface area contributed by atoms with Gasteiger partial charge in [-0.2, -0.15) is 0 Å². The molecule has 4 aliphatic rings. The first-order chi connectivity index (χ1) is 16.4. The van der Waals surface area contributed by atoms with Crippen LogP contribution in [0.3, 0.4) is 0 Å². The summed E-state index contributed by atoms with van der Waals surface area (Å²) in [5.74, 6) is -0.308. The van der Waals surface area contributed by atoms with Gasteiger partial charge in [-0.3, -0.25) is 4.79 Å². The fourth-order valence-corrected chi connectivity index (χ4v) is 7.57. The Hall–Kier alpha value is -1.07. The minimum absolute atomic E-state index is 0.0748. The van der Waals surface area contributed by atoms with Gasteiger partial charge in [0.2, 0.25) is 0 Å². The van der Waals surface area contributed by atoms with Crippen LogP contribution in [0.1, 0.15) is 65.7 Å². The molecule has 0 unspecified atom stereocenters. The van der Waals surface area contributed by atoms with Gasteiger partial charge in [0.05, 0.1) is 24.7 Å². The summed E-state index contributed by atoms with van der Waals surface area (Å²) < 4.78 is 11.0. The molecular weight excluding hydrogens is 456 g/mol. The molecule has 0 aromatic heterocycles. The molecule has 1 aliphatic heterocycles. The number of hydrogen-bond donors (Lipinski definition) is 6. The van der Waals surface area contributed by atoms with Crippen molar-refractivity contribution in [3.05, 3.63) is 11.6 Å². The van der Waals surface area contributed by atoms with E-state index < -0.39 is 60.2 Å². The number of carbonyl (C=O) groups is 1. The third-order valence-electron chi connectivity index (χ3n) is 10.0. The normalized spacial score (nSPS) is 48.9. The van der Waals surface area contributed by atoms with Crippen LogP contribution in [0.2, 0.25) is 0 Å². The third kappa shape index (κ3) is 4.47. The lowest BCUT2D eigenvalue weighted by molar-refractivity contribution is -0.306. The molecule has 11 atom stereocenters. The van der Waals surface area contributed by atoms with Crippen LogP contribution in [-0.2, 0) is 14.3 Å². The van der Waals surface area contributed by atoms with Crippen molar-refractivity contribution in [2.75, 3.05) is 13.2 Å². The molecule has 0 spiro atoms. The van der Waals surface area contributed by atoms with E-state index in [0.717, 1.165) is 32.1 Å². The fourth-order valence-electron chi connectivity index (χ4n) is 7.57. The first kappa shape index (κ1) is 27.0. The van der Waals surface area contributed by atoms with Crippen molar-refractivity contribution in [2.45, 2.75) is 103 Å². The van der Waals surface area contributed by atoms with Gasteiger partial charge in [0.25, 0.3) is 0 Å². The van der Waals surface area contributed by atoms with E-state index in [1.807, 2.05) is 13.8 Å². The molecule has 9 nitrogen and oxygen atoms in total. The van der Waals surface area contributed by atoms with E-state index >= 15 is 0 Å². The van der Waals surface area contributed by atoms with Crippen LogP contribution in [0, 0.1) is 28.1 Å². The minimum Gasteiger partial charge on any atom is -0.481 e. The topological polar surface area (TPSA) is 157 Å². The van der Waals surface area contributed by atoms with Crippen molar-refractivity contribution in [2.24, 2.45) is 28.1 Å². The summed E-state index contributed by atoms with van der Waals surface area (Å²) in [6.45, 7) is 5.51. The standard InChI is InChI=1S/C26H42O9/c1-24(18(28)13-34-22-21(31)20(30)19(29)16(12-27)35-22)10-7-15-14(11-24)5-6-17-25(15,2)8-4-9-26(17,3)23(32)33/h5,15-22,27-31H,4,6-13H2,1-3H3,(H,32,33)/t15-,16+,17+,18-,19+,20-,21+,22-,24-,25+,26-/m0/s1. The molecule has 9 heteroatoms. The molecule has 1 saturated heterocycles. The van der Waals surface area contributed by atoms with Gasteiger partial charge < -0.3 is 40.1 Å². The zero-order valence-electron chi connectivity index (χ0n) is 21.0. The Labute approximate surface area is 206 Å². The number of aliphatic hydroxyl groups excluding tert-OH is 5. The Morgan fingerprint density at radius 2 is 1.86 bits per heavy atom. The van der Waals surface area contributed by atoms with Gasteiger partial charge in [0.15, 0.2) is 6.29 Å². The molecule has 35 heavy (non-hydrogen) atoms.